The van der Waals surface area contributed by atoms with Gasteiger partial charge < -0.3 is 4.57 Å². The van der Waals surface area contributed by atoms with Crippen molar-refractivity contribution in [1.82, 2.24) is 14.5 Å². The maximum atomic E-state index is 5.16. The third kappa shape index (κ3) is 3.38. The summed E-state index contributed by atoms with van der Waals surface area (Å²) in [6.07, 6.45) is 0. The Morgan fingerprint density at radius 3 is 2.26 bits per heavy atom. The SMILES string of the molecule is c1ccc2c(c1)Sc1cccc3nc(-c4ccc(-n5c6ccccc6c6cc7c(cc65)sc5ccccc57)cc4)nc-2c13. The topological polar surface area (TPSA) is 30.7 Å². The molecule has 0 atom stereocenters. The van der Waals surface area contributed by atoms with Crippen molar-refractivity contribution in [1.29, 1.82) is 0 Å². The van der Waals surface area contributed by atoms with Crippen molar-refractivity contribution >= 4 is 76.0 Å². The molecule has 0 N–H and O–H groups in total. The summed E-state index contributed by atoms with van der Waals surface area (Å²) in [5, 5.41) is 6.34. The molecule has 3 aromatic heterocycles. The van der Waals surface area contributed by atoms with E-state index in [1.807, 2.05) is 11.3 Å². The number of rotatable bonds is 2. The standard InChI is InChI=1S/C38H21N3S2/c1-4-12-30-24(8-1)27-20-28-25-9-2-5-13-32(25)43-35(28)21-31(27)41(30)23-18-16-22(17-19-23)38-39-29-11-7-15-34-36(29)37(40-38)26-10-3-6-14-33(26)42-34/h1-21H. The number of aromatic nitrogens is 3. The minimum Gasteiger partial charge on any atom is -0.309 e. The molecule has 1 aliphatic heterocycles. The molecule has 6 aromatic carbocycles. The summed E-state index contributed by atoms with van der Waals surface area (Å²) in [4.78, 5) is 12.7. The van der Waals surface area contributed by atoms with Crippen molar-refractivity contribution in [3.05, 3.63) is 127 Å². The fraction of sp³-hybridized carbons (Fsp3) is 0. The second-order valence-electron chi connectivity index (χ2n) is 11.0. The Hall–Kier alpha value is -4.97. The van der Waals surface area contributed by atoms with Crippen LogP contribution >= 0.6 is 23.1 Å². The lowest BCUT2D eigenvalue weighted by Gasteiger charge is -2.19. The second kappa shape index (κ2) is 8.77. The van der Waals surface area contributed by atoms with Crippen LogP contribution in [0.25, 0.3) is 81.2 Å². The molecule has 0 unspecified atom stereocenters. The van der Waals surface area contributed by atoms with E-state index in [2.05, 4.69) is 132 Å². The van der Waals surface area contributed by atoms with Crippen molar-refractivity contribution in [3.8, 4) is 28.3 Å². The molecule has 9 aromatic rings. The fourth-order valence-electron chi connectivity index (χ4n) is 6.66. The Kier molecular flexibility index (Phi) is 4.81. The average Bonchev–Trinajstić information content (AvgIpc) is 3.58. The molecule has 0 bridgehead atoms. The highest BCUT2D eigenvalue weighted by Crippen LogP contribution is 2.47. The first-order valence-electron chi connectivity index (χ1n) is 14.3. The van der Waals surface area contributed by atoms with Gasteiger partial charge in [-0.3, -0.25) is 0 Å². The Morgan fingerprint density at radius 1 is 0.535 bits per heavy atom. The van der Waals surface area contributed by atoms with E-state index in [-0.39, 0.29) is 0 Å². The van der Waals surface area contributed by atoms with E-state index in [0.29, 0.717) is 0 Å². The van der Waals surface area contributed by atoms with Crippen LogP contribution in [0.2, 0.25) is 0 Å². The highest BCUT2D eigenvalue weighted by atomic mass is 32.2. The molecule has 10 rings (SSSR count). The van der Waals surface area contributed by atoms with E-state index in [0.717, 1.165) is 33.7 Å². The van der Waals surface area contributed by atoms with Crippen LogP contribution in [0.1, 0.15) is 0 Å². The lowest BCUT2D eigenvalue weighted by molar-refractivity contribution is 1.17. The molecule has 0 fully saturated rings. The van der Waals surface area contributed by atoms with Gasteiger partial charge in [-0.15, -0.1) is 11.3 Å². The quantitative estimate of drug-likeness (QED) is 0.203. The molecule has 0 aliphatic carbocycles. The van der Waals surface area contributed by atoms with Crippen molar-refractivity contribution in [2.45, 2.75) is 9.79 Å². The number of nitrogens with zero attached hydrogens (tertiary/aromatic N) is 3. The molecule has 0 saturated heterocycles. The van der Waals surface area contributed by atoms with E-state index >= 15 is 0 Å². The van der Waals surface area contributed by atoms with Crippen molar-refractivity contribution < 1.29 is 0 Å². The molecule has 0 amide bonds. The van der Waals surface area contributed by atoms with Crippen LogP contribution in [-0.2, 0) is 0 Å². The third-order valence-corrected chi connectivity index (χ3v) is 10.9. The van der Waals surface area contributed by atoms with Gasteiger partial charge in [0.1, 0.15) is 0 Å². The van der Waals surface area contributed by atoms with E-state index < -0.39 is 0 Å². The van der Waals surface area contributed by atoms with Crippen LogP contribution in [0.15, 0.2) is 137 Å². The minimum absolute atomic E-state index is 0.752. The Bertz CT molecular complexity index is 2590. The summed E-state index contributed by atoms with van der Waals surface area (Å²) in [5.74, 6) is 0.752. The first-order chi connectivity index (χ1) is 21.3. The summed E-state index contributed by atoms with van der Waals surface area (Å²) in [6, 6.07) is 45.8. The summed E-state index contributed by atoms with van der Waals surface area (Å²) < 4.78 is 5.03. The van der Waals surface area contributed by atoms with Crippen molar-refractivity contribution in [2.24, 2.45) is 0 Å². The molecule has 43 heavy (non-hydrogen) atoms. The highest BCUT2D eigenvalue weighted by Gasteiger charge is 2.22. The second-order valence-corrected chi connectivity index (χ2v) is 13.2. The predicted molar refractivity (Wildman–Crippen MR) is 182 cm³/mol. The van der Waals surface area contributed by atoms with E-state index in [1.165, 1.54) is 57.3 Å². The molecule has 0 saturated carbocycles. The molecule has 1 aliphatic rings. The number of hydrogen-bond acceptors (Lipinski definition) is 4. The lowest BCUT2D eigenvalue weighted by Crippen LogP contribution is -2.00. The van der Waals surface area contributed by atoms with E-state index in [1.54, 1.807) is 11.8 Å². The minimum atomic E-state index is 0.752. The van der Waals surface area contributed by atoms with Gasteiger partial charge in [0.15, 0.2) is 5.82 Å². The Balaban J connectivity index is 1.16. The van der Waals surface area contributed by atoms with Crippen LogP contribution in [0.3, 0.4) is 0 Å². The molecule has 3 nitrogen and oxygen atoms in total. The van der Waals surface area contributed by atoms with Crippen LogP contribution < -0.4 is 0 Å². The zero-order valence-electron chi connectivity index (χ0n) is 22.8. The van der Waals surface area contributed by atoms with Gasteiger partial charge in [-0.25, -0.2) is 9.97 Å². The van der Waals surface area contributed by atoms with Crippen LogP contribution in [-0.4, -0.2) is 14.5 Å². The first kappa shape index (κ1) is 23.6. The van der Waals surface area contributed by atoms with Gasteiger partial charge in [0.25, 0.3) is 0 Å². The van der Waals surface area contributed by atoms with Crippen LogP contribution in [0.5, 0.6) is 0 Å². The zero-order valence-corrected chi connectivity index (χ0v) is 24.4. The van der Waals surface area contributed by atoms with Gasteiger partial charge in [0.05, 0.1) is 22.2 Å². The molecule has 200 valence electrons. The van der Waals surface area contributed by atoms with Crippen molar-refractivity contribution in [3.63, 3.8) is 0 Å². The Labute approximate surface area is 255 Å². The average molecular weight is 584 g/mol. The number of para-hydroxylation sites is 1. The summed E-state index contributed by atoms with van der Waals surface area (Å²) in [5.41, 5.74) is 7.75. The maximum Gasteiger partial charge on any atom is 0.160 e. The smallest absolute Gasteiger partial charge is 0.160 e. The summed E-state index contributed by atoms with van der Waals surface area (Å²) >= 11 is 3.66. The number of hydrogen-bond donors (Lipinski definition) is 0. The van der Waals surface area contributed by atoms with Gasteiger partial charge in [0.2, 0.25) is 0 Å². The summed E-state index contributed by atoms with van der Waals surface area (Å²) in [6.45, 7) is 0. The predicted octanol–water partition coefficient (Wildman–Crippen LogP) is 10.9. The fourth-order valence-corrected chi connectivity index (χ4v) is 8.88. The van der Waals surface area contributed by atoms with Gasteiger partial charge >= 0.3 is 0 Å². The molecular formula is C38H21N3S2. The van der Waals surface area contributed by atoms with Crippen molar-refractivity contribution in [2.75, 3.05) is 0 Å². The highest BCUT2D eigenvalue weighted by molar-refractivity contribution is 7.99. The summed E-state index contributed by atoms with van der Waals surface area (Å²) in [7, 11) is 0. The van der Waals surface area contributed by atoms with Gasteiger partial charge in [-0.1, -0.05) is 72.4 Å². The maximum absolute atomic E-state index is 5.16. The Morgan fingerprint density at radius 2 is 1.33 bits per heavy atom. The largest absolute Gasteiger partial charge is 0.309 e. The van der Waals surface area contributed by atoms with Gasteiger partial charge in [-0.2, -0.15) is 0 Å². The third-order valence-electron chi connectivity index (χ3n) is 8.60. The lowest BCUT2D eigenvalue weighted by atomic mass is 10.0. The number of benzene rings is 6. The normalized spacial score (nSPS) is 12.6. The molecule has 0 radical (unpaired) electrons. The molecule has 5 heteroatoms. The first-order valence-corrected chi connectivity index (χ1v) is 16.0. The van der Waals surface area contributed by atoms with Gasteiger partial charge in [-0.05, 0) is 66.7 Å². The monoisotopic (exact) mass is 583 g/mol. The molecule has 4 heterocycles. The number of thiophene rings is 1. The van der Waals surface area contributed by atoms with Crippen LogP contribution in [0, 0.1) is 0 Å². The molecular weight excluding hydrogens is 563 g/mol. The zero-order chi connectivity index (χ0) is 28.1. The number of fused-ring (bicyclic) bond motifs is 8. The van der Waals surface area contributed by atoms with E-state index in [4.69, 9.17) is 9.97 Å². The van der Waals surface area contributed by atoms with E-state index in [9.17, 15) is 0 Å². The molecule has 0 spiro atoms. The van der Waals surface area contributed by atoms with Crippen LogP contribution in [0.4, 0.5) is 0 Å². The van der Waals surface area contributed by atoms with Gasteiger partial charge in [0, 0.05) is 62.9 Å².